The van der Waals surface area contributed by atoms with Gasteiger partial charge in [-0.25, -0.2) is 13.4 Å². The number of hydrogen-bond donors (Lipinski definition) is 1. The van der Waals surface area contributed by atoms with Crippen LogP contribution >= 0.6 is 23.2 Å². The highest BCUT2D eigenvalue weighted by Gasteiger charge is 2.42. The summed E-state index contributed by atoms with van der Waals surface area (Å²) in [6.07, 6.45) is 1.93. The summed E-state index contributed by atoms with van der Waals surface area (Å²) >= 11 is 13.2. The Bertz CT molecular complexity index is 1510. The minimum Gasteiger partial charge on any atom is -0.487 e. The van der Waals surface area contributed by atoms with E-state index in [2.05, 4.69) is 10.3 Å². The van der Waals surface area contributed by atoms with E-state index in [1.807, 2.05) is 38.1 Å². The summed E-state index contributed by atoms with van der Waals surface area (Å²) < 4.78 is 35.2. The molecule has 2 saturated heterocycles. The van der Waals surface area contributed by atoms with Crippen LogP contribution in [-0.2, 0) is 21.4 Å². The van der Waals surface area contributed by atoms with E-state index in [1.165, 1.54) is 16.4 Å². The average Bonchev–Trinajstić information content (AvgIpc) is 3.25. The Hall–Kier alpha value is -2.43. The third-order valence-electron chi connectivity index (χ3n) is 7.39. The predicted octanol–water partition coefficient (Wildman–Crippen LogP) is 4.71. The minimum atomic E-state index is -4.07. The molecule has 3 heterocycles. The van der Waals surface area contributed by atoms with Gasteiger partial charge in [0, 0.05) is 47.8 Å². The van der Waals surface area contributed by atoms with Gasteiger partial charge in [0.25, 0.3) is 0 Å². The van der Waals surface area contributed by atoms with Gasteiger partial charge in [0.15, 0.2) is 0 Å². The zero-order valence-corrected chi connectivity index (χ0v) is 24.4. The van der Waals surface area contributed by atoms with Gasteiger partial charge < -0.3 is 15.0 Å². The first-order chi connectivity index (χ1) is 18.7. The molecule has 2 aliphatic rings. The molecule has 1 unspecified atom stereocenters. The van der Waals surface area contributed by atoms with Crippen LogP contribution in [0.1, 0.15) is 36.1 Å². The maximum Gasteiger partial charge on any atom is 0.245 e. The van der Waals surface area contributed by atoms with Crippen LogP contribution < -0.4 is 10.1 Å². The number of sulfonamides is 1. The van der Waals surface area contributed by atoms with E-state index in [0.29, 0.717) is 54.3 Å². The lowest BCUT2D eigenvalue weighted by Crippen LogP contribution is -2.48. The van der Waals surface area contributed by atoms with E-state index in [4.69, 9.17) is 27.9 Å². The first-order valence-corrected chi connectivity index (χ1v) is 15.4. The number of amides is 1. The fraction of sp³-hybridized carbons (Fsp3) is 0.429. The molecule has 1 amide bonds. The molecule has 1 N–H and O–H groups in total. The van der Waals surface area contributed by atoms with E-state index < -0.39 is 16.1 Å². The average molecular weight is 592 g/mol. The van der Waals surface area contributed by atoms with E-state index in [0.717, 1.165) is 29.6 Å². The van der Waals surface area contributed by atoms with Gasteiger partial charge in [0.2, 0.25) is 15.9 Å². The zero-order chi connectivity index (χ0) is 27.7. The van der Waals surface area contributed by atoms with Crippen LogP contribution in [0.4, 0.5) is 0 Å². The molecule has 0 aliphatic carbocycles. The number of rotatable bonds is 6. The summed E-state index contributed by atoms with van der Waals surface area (Å²) in [5.74, 6) is 0.402. The summed E-state index contributed by atoms with van der Waals surface area (Å²) in [6, 6.07) is 9.87. The number of aromatic nitrogens is 1. The maximum absolute atomic E-state index is 13.9. The van der Waals surface area contributed by atoms with Crippen LogP contribution in [0.2, 0.25) is 10.0 Å². The first-order valence-electron chi connectivity index (χ1n) is 13.2. The number of ether oxygens (including phenoxy) is 1. The first kappa shape index (κ1) is 28.1. The molecule has 3 aromatic rings. The quantitative estimate of drug-likeness (QED) is 0.447. The molecule has 5 rings (SSSR count). The number of carbonyl (C=O) groups excluding carboxylic acids is 1. The SMILES string of the molecule is Cc1cc(C)c2cccc(OCc3c(Cl)ccc(S(=O)(=O)N4CCCC4C(=O)N4CCCNCC4)c3Cl)c2n1. The number of nitrogens with one attached hydrogen (secondary N) is 1. The number of hydrogen-bond acceptors (Lipinski definition) is 6. The number of aryl methyl sites for hydroxylation is 2. The lowest BCUT2D eigenvalue weighted by molar-refractivity contribution is -0.134. The van der Waals surface area contributed by atoms with E-state index in [1.54, 1.807) is 4.90 Å². The molecule has 2 fully saturated rings. The predicted molar refractivity (Wildman–Crippen MR) is 153 cm³/mol. The molecule has 0 bridgehead atoms. The van der Waals surface area contributed by atoms with Gasteiger partial charge in [0.05, 0.1) is 5.02 Å². The summed E-state index contributed by atoms with van der Waals surface area (Å²) in [7, 11) is -4.07. The van der Waals surface area contributed by atoms with Crippen molar-refractivity contribution in [2.45, 2.75) is 50.7 Å². The lowest BCUT2D eigenvalue weighted by atomic mass is 10.1. The van der Waals surface area contributed by atoms with Gasteiger partial charge in [-0.1, -0.05) is 35.3 Å². The van der Waals surface area contributed by atoms with Crippen molar-refractivity contribution in [3.8, 4) is 5.75 Å². The third kappa shape index (κ3) is 5.60. The van der Waals surface area contributed by atoms with Crippen LogP contribution in [0.5, 0.6) is 5.75 Å². The zero-order valence-electron chi connectivity index (χ0n) is 22.0. The highest BCUT2D eigenvalue weighted by Crippen LogP contribution is 2.37. The molecule has 39 heavy (non-hydrogen) atoms. The van der Waals surface area contributed by atoms with E-state index in [9.17, 15) is 13.2 Å². The molecule has 0 radical (unpaired) electrons. The summed E-state index contributed by atoms with van der Waals surface area (Å²) in [4.78, 5) is 19.7. The second-order valence-corrected chi connectivity index (χ2v) is 12.7. The lowest BCUT2D eigenvalue weighted by Gasteiger charge is -2.29. The Kier molecular flexibility index (Phi) is 8.35. The molecule has 8 nitrogen and oxygen atoms in total. The molecule has 1 aromatic heterocycles. The standard InChI is InChI=1S/C28H32Cl2N4O4S/c1-18-16-19(2)32-27-20(18)6-3-8-24(27)38-17-21-22(29)9-10-25(26(21)30)39(36,37)34-14-4-7-23(34)28(35)33-13-5-11-31-12-15-33/h3,6,8-10,16,23,31H,4-5,7,11-15,17H2,1-2H3. The second-order valence-electron chi connectivity index (χ2n) is 10.1. The summed E-state index contributed by atoms with van der Waals surface area (Å²) in [5, 5.41) is 4.54. The van der Waals surface area contributed by atoms with Crippen molar-refractivity contribution in [2.24, 2.45) is 0 Å². The number of fused-ring (bicyclic) bond motifs is 1. The maximum atomic E-state index is 13.9. The fourth-order valence-corrected chi connectivity index (χ4v) is 7.92. The normalized spacial score (nSPS) is 18.9. The topological polar surface area (TPSA) is 91.8 Å². The molecule has 2 aliphatic heterocycles. The number of pyridine rings is 1. The van der Waals surface area contributed by atoms with Crippen molar-refractivity contribution in [3.05, 3.63) is 63.3 Å². The molecule has 0 spiro atoms. The van der Waals surface area contributed by atoms with Crippen molar-refractivity contribution in [2.75, 3.05) is 32.7 Å². The molecule has 1 atom stereocenters. The van der Waals surface area contributed by atoms with Crippen molar-refractivity contribution in [1.29, 1.82) is 0 Å². The highest BCUT2D eigenvalue weighted by molar-refractivity contribution is 7.89. The Balaban J connectivity index is 1.42. The van der Waals surface area contributed by atoms with Gasteiger partial charge >= 0.3 is 0 Å². The smallest absolute Gasteiger partial charge is 0.245 e. The van der Waals surface area contributed by atoms with Gasteiger partial charge in [-0.2, -0.15) is 4.31 Å². The number of carbonyl (C=O) groups is 1. The number of benzene rings is 2. The molecule has 11 heteroatoms. The number of para-hydroxylation sites is 1. The minimum absolute atomic E-state index is 0.000119. The van der Waals surface area contributed by atoms with Gasteiger partial charge in [0.1, 0.15) is 28.8 Å². The van der Waals surface area contributed by atoms with Gasteiger partial charge in [-0.05, 0) is 69.5 Å². The monoisotopic (exact) mass is 590 g/mol. The number of halogens is 2. The summed E-state index contributed by atoms with van der Waals surface area (Å²) in [6.45, 7) is 6.87. The van der Waals surface area contributed by atoms with Crippen LogP contribution in [-0.4, -0.2) is 67.3 Å². The van der Waals surface area contributed by atoms with Crippen LogP contribution in [0.3, 0.4) is 0 Å². The van der Waals surface area contributed by atoms with Crippen LogP contribution in [0.25, 0.3) is 10.9 Å². The van der Waals surface area contributed by atoms with Gasteiger partial charge in [-0.15, -0.1) is 0 Å². The van der Waals surface area contributed by atoms with E-state index in [-0.39, 0.29) is 29.0 Å². The Morgan fingerprint density at radius 1 is 1.10 bits per heavy atom. The Morgan fingerprint density at radius 2 is 1.92 bits per heavy atom. The molecule has 2 aromatic carbocycles. The van der Waals surface area contributed by atoms with Crippen LogP contribution in [0, 0.1) is 13.8 Å². The largest absolute Gasteiger partial charge is 0.487 e. The molecular weight excluding hydrogens is 559 g/mol. The fourth-order valence-electron chi connectivity index (χ4n) is 5.41. The van der Waals surface area contributed by atoms with E-state index >= 15 is 0 Å². The highest BCUT2D eigenvalue weighted by atomic mass is 35.5. The third-order valence-corrected chi connectivity index (χ3v) is 10.2. The Morgan fingerprint density at radius 3 is 2.74 bits per heavy atom. The molecule has 0 saturated carbocycles. The van der Waals surface area contributed by atoms with Crippen molar-refractivity contribution < 1.29 is 17.9 Å². The molecule has 208 valence electrons. The van der Waals surface area contributed by atoms with Crippen LogP contribution in [0.15, 0.2) is 41.3 Å². The van der Waals surface area contributed by atoms with Crippen molar-refractivity contribution >= 4 is 50.0 Å². The molecular formula is C28H32Cl2N4O4S. The number of nitrogens with zero attached hydrogens (tertiary/aromatic N) is 3. The summed E-state index contributed by atoms with van der Waals surface area (Å²) in [5.41, 5.74) is 3.03. The Labute approximate surface area is 239 Å². The van der Waals surface area contributed by atoms with Crippen molar-refractivity contribution in [1.82, 2.24) is 19.5 Å². The second kappa shape index (κ2) is 11.6. The van der Waals surface area contributed by atoms with Crippen molar-refractivity contribution in [3.63, 3.8) is 0 Å². The van der Waals surface area contributed by atoms with Gasteiger partial charge in [-0.3, -0.25) is 4.79 Å².